The third-order valence-corrected chi connectivity index (χ3v) is 4.57. The zero-order valence-corrected chi connectivity index (χ0v) is 15.8. The SMILES string of the molecule is Cc1c(C(=O)N(CC#N)CC#N)oc2c1/C(=N/NC(=O)c1ccncc1)CCC2. The van der Waals surface area contributed by atoms with Crippen LogP contribution in [0.3, 0.4) is 0 Å². The van der Waals surface area contributed by atoms with E-state index in [0.717, 1.165) is 11.3 Å². The molecule has 3 rings (SSSR count). The average Bonchev–Trinajstić information content (AvgIpc) is 3.09. The number of pyridine rings is 1. The molecule has 0 saturated heterocycles. The van der Waals surface area contributed by atoms with Crippen molar-refractivity contribution in [2.75, 3.05) is 13.1 Å². The molecule has 0 unspecified atom stereocenters. The van der Waals surface area contributed by atoms with Gasteiger partial charge in [0, 0.05) is 35.5 Å². The standard InChI is InChI=1S/C20H18N6O3/c1-13-17-15(24-25-19(27)14-5-9-23-10-6-14)3-2-4-16(17)29-18(13)20(28)26(11-7-21)12-8-22/h5-6,9-10H,2-4,11-12H2,1H3,(H,25,27)/b24-15+. The summed E-state index contributed by atoms with van der Waals surface area (Å²) < 4.78 is 5.78. The number of nitriles is 2. The molecule has 1 N–H and O–H groups in total. The fourth-order valence-electron chi connectivity index (χ4n) is 3.18. The lowest BCUT2D eigenvalue weighted by molar-refractivity contribution is 0.0760. The minimum atomic E-state index is -0.514. The van der Waals surface area contributed by atoms with Crippen LogP contribution in [0.1, 0.15) is 50.6 Å². The van der Waals surface area contributed by atoms with E-state index < -0.39 is 5.91 Å². The number of hydrazone groups is 1. The Hall–Kier alpha value is -3.98. The second kappa shape index (κ2) is 8.81. The summed E-state index contributed by atoms with van der Waals surface area (Å²) in [4.78, 5) is 30.0. The highest BCUT2D eigenvalue weighted by Crippen LogP contribution is 2.30. The van der Waals surface area contributed by atoms with Crippen molar-refractivity contribution in [1.82, 2.24) is 15.3 Å². The smallest absolute Gasteiger partial charge is 0.291 e. The molecule has 9 nitrogen and oxygen atoms in total. The normalized spacial score (nSPS) is 13.8. The molecule has 2 aromatic rings. The number of carbonyl (C=O) groups is 2. The molecule has 146 valence electrons. The summed E-state index contributed by atoms with van der Waals surface area (Å²) in [7, 11) is 0. The van der Waals surface area contributed by atoms with Gasteiger partial charge in [0.1, 0.15) is 18.8 Å². The summed E-state index contributed by atoms with van der Waals surface area (Å²) >= 11 is 0. The zero-order valence-electron chi connectivity index (χ0n) is 15.8. The van der Waals surface area contributed by atoms with Crippen molar-refractivity contribution in [2.45, 2.75) is 26.2 Å². The number of furan rings is 1. The number of amides is 2. The molecular formula is C20H18N6O3. The minimum Gasteiger partial charge on any atom is -0.455 e. The third kappa shape index (κ3) is 4.14. The fourth-order valence-corrected chi connectivity index (χ4v) is 3.18. The number of aromatic nitrogens is 1. The first kappa shape index (κ1) is 19.8. The summed E-state index contributed by atoms with van der Waals surface area (Å²) in [5, 5.41) is 22.1. The minimum absolute atomic E-state index is 0.0931. The van der Waals surface area contributed by atoms with Gasteiger partial charge in [0.05, 0.1) is 17.9 Å². The van der Waals surface area contributed by atoms with Crippen LogP contribution in [0.25, 0.3) is 0 Å². The Kier molecular flexibility index (Phi) is 6.00. The Morgan fingerprint density at radius 1 is 1.24 bits per heavy atom. The average molecular weight is 390 g/mol. The Balaban J connectivity index is 1.88. The molecule has 1 aliphatic rings. The molecule has 29 heavy (non-hydrogen) atoms. The van der Waals surface area contributed by atoms with Gasteiger partial charge in [0.25, 0.3) is 11.8 Å². The Labute approximate surface area is 167 Å². The van der Waals surface area contributed by atoms with Gasteiger partial charge in [-0.25, -0.2) is 5.43 Å². The molecule has 1 aliphatic carbocycles. The van der Waals surface area contributed by atoms with Crippen molar-refractivity contribution >= 4 is 17.5 Å². The van der Waals surface area contributed by atoms with E-state index in [1.807, 2.05) is 12.1 Å². The maximum Gasteiger partial charge on any atom is 0.291 e. The highest BCUT2D eigenvalue weighted by atomic mass is 16.4. The summed E-state index contributed by atoms with van der Waals surface area (Å²) in [5.74, 6) is -0.169. The van der Waals surface area contributed by atoms with Crippen molar-refractivity contribution in [3.05, 3.63) is 52.7 Å². The van der Waals surface area contributed by atoms with Crippen LogP contribution >= 0.6 is 0 Å². The van der Waals surface area contributed by atoms with E-state index in [1.54, 1.807) is 19.1 Å². The summed E-state index contributed by atoms with van der Waals surface area (Å²) in [5.41, 5.74) is 4.88. The van der Waals surface area contributed by atoms with Gasteiger partial charge in [0.2, 0.25) is 0 Å². The zero-order chi connectivity index (χ0) is 20.8. The molecule has 0 bridgehead atoms. The molecule has 0 atom stereocenters. The third-order valence-electron chi connectivity index (χ3n) is 4.57. The van der Waals surface area contributed by atoms with E-state index in [4.69, 9.17) is 14.9 Å². The number of nitrogens with one attached hydrogen (secondary N) is 1. The summed E-state index contributed by atoms with van der Waals surface area (Å²) in [6.45, 7) is 1.32. The number of hydrogen-bond acceptors (Lipinski definition) is 7. The molecule has 0 spiro atoms. The predicted octanol–water partition coefficient (Wildman–Crippen LogP) is 1.94. The van der Waals surface area contributed by atoms with Gasteiger partial charge in [-0.3, -0.25) is 14.6 Å². The van der Waals surface area contributed by atoms with Crippen LogP contribution in [0.5, 0.6) is 0 Å². The maximum atomic E-state index is 12.7. The van der Waals surface area contributed by atoms with Gasteiger partial charge in [0.15, 0.2) is 5.76 Å². The second-order valence-electron chi connectivity index (χ2n) is 6.42. The van der Waals surface area contributed by atoms with E-state index >= 15 is 0 Å². The van der Waals surface area contributed by atoms with Gasteiger partial charge >= 0.3 is 0 Å². The fraction of sp³-hybridized carbons (Fsp3) is 0.300. The number of rotatable bonds is 5. The van der Waals surface area contributed by atoms with E-state index in [-0.39, 0.29) is 24.8 Å². The van der Waals surface area contributed by atoms with Crippen molar-refractivity contribution in [2.24, 2.45) is 5.10 Å². The number of fused-ring (bicyclic) bond motifs is 1. The molecule has 0 fully saturated rings. The largest absolute Gasteiger partial charge is 0.455 e. The van der Waals surface area contributed by atoms with Crippen LogP contribution in [0.2, 0.25) is 0 Å². The number of carbonyl (C=O) groups excluding carboxylic acids is 2. The molecule has 0 aromatic carbocycles. The van der Waals surface area contributed by atoms with Crippen LogP contribution in [0.4, 0.5) is 0 Å². The Morgan fingerprint density at radius 2 is 1.93 bits per heavy atom. The van der Waals surface area contributed by atoms with E-state index in [0.29, 0.717) is 41.0 Å². The Morgan fingerprint density at radius 3 is 2.59 bits per heavy atom. The van der Waals surface area contributed by atoms with Gasteiger partial charge in [-0.1, -0.05) is 0 Å². The molecule has 2 aromatic heterocycles. The summed E-state index contributed by atoms with van der Waals surface area (Å²) in [6.07, 6.45) is 5.06. The first-order valence-corrected chi connectivity index (χ1v) is 8.99. The topological polar surface area (TPSA) is 135 Å². The lowest BCUT2D eigenvalue weighted by Crippen LogP contribution is -2.32. The number of aryl methyl sites for hydroxylation is 1. The van der Waals surface area contributed by atoms with Crippen molar-refractivity contribution in [1.29, 1.82) is 10.5 Å². The summed E-state index contributed by atoms with van der Waals surface area (Å²) in [6, 6.07) is 6.92. The quantitative estimate of drug-likeness (QED) is 0.612. The van der Waals surface area contributed by atoms with Crippen LogP contribution in [0.15, 0.2) is 34.0 Å². The second-order valence-corrected chi connectivity index (χ2v) is 6.42. The first-order chi connectivity index (χ1) is 14.1. The maximum absolute atomic E-state index is 12.7. The van der Waals surface area contributed by atoms with Crippen molar-refractivity contribution < 1.29 is 14.0 Å². The van der Waals surface area contributed by atoms with Gasteiger partial charge in [-0.05, 0) is 31.9 Å². The van der Waals surface area contributed by atoms with Gasteiger partial charge in [-0.15, -0.1) is 0 Å². The molecule has 2 heterocycles. The van der Waals surface area contributed by atoms with Crippen molar-refractivity contribution in [3.63, 3.8) is 0 Å². The van der Waals surface area contributed by atoms with Crippen LogP contribution in [-0.4, -0.2) is 40.5 Å². The number of nitrogens with zero attached hydrogens (tertiary/aromatic N) is 5. The van der Waals surface area contributed by atoms with E-state index in [1.165, 1.54) is 12.4 Å². The molecule has 2 amide bonds. The predicted molar refractivity (Wildman–Crippen MR) is 102 cm³/mol. The van der Waals surface area contributed by atoms with Crippen LogP contribution in [-0.2, 0) is 6.42 Å². The number of hydrogen-bond donors (Lipinski definition) is 1. The lowest BCUT2D eigenvalue weighted by atomic mass is 9.93. The molecule has 0 aliphatic heterocycles. The van der Waals surface area contributed by atoms with Crippen LogP contribution < -0.4 is 5.43 Å². The van der Waals surface area contributed by atoms with Crippen LogP contribution in [0, 0.1) is 29.6 Å². The molecule has 0 radical (unpaired) electrons. The first-order valence-electron chi connectivity index (χ1n) is 8.99. The van der Waals surface area contributed by atoms with Gasteiger partial charge in [-0.2, -0.15) is 15.6 Å². The van der Waals surface area contributed by atoms with Gasteiger partial charge < -0.3 is 9.32 Å². The highest BCUT2D eigenvalue weighted by molar-refractivity contribution is 6.07. The Bertz CT molecular complexity index is 1030. The molecular weight excluding hydrogens is 372 g/mol. The van der Waals surface area contributed by atoms with E-state index in [2.05, 4.69) is 15.5 Å². The van der Waals surface area contributed by atoms with Crippen molar-refractivity contribution in [3.8, 4) is 12.1 Å². The molecule has 9 heteroatoms. The monoisotopic (exact) mass is 390 g/mol. The molecule has 0 saturated carbocycles. The lowest BCUT2D eigenvalue weighted by Gasteiger charge is -2.14. The van der Waals surface area contributed by atoms with E-state index in [9.17, 15) is 9.59 Å². The highest BCUT2D eigenvalue weighted by Gasteiger charge is 2.30.